The van der Waals surface area contributed by atoms with Crippen molar-refractivity contribution in [3.05, 3.63) is 22.7 Å². The monoisotopic (exact) mass is 244 g/mol. The first kappa shape index (κ1) is 12.6. The summed E-state index contributed by atoms with van der Waals surface area (Å²) in [6.07, 6.45) is 0. The molecule has 0 bridgehead atoms. The van der Waals surface area contributed by atoms with Gasteiger partial charge in [-0.15, -0.1) is 0 Å². The SMILES string of the molecule is CCOC(=O)c1cc(Cl)c(OC)c(OC)c1. The minimum Gasteiger partial charge on any atom is -0.493 e. The van der Waals surface area contributed by atoms with Crippen LogP contribution in [0.25, 0.3) is 0 Å². The average Bonchev–Trinajstić information content (AvgIpc) is 2.28. The molecule has 1 rings (SSSR count). The Morgan fingerprint density at radius 1 is 1.31 bits per heavy atom. The van der Waals surface area contributed by atoms with Crippen LogP contribution in [0.15, 0.2) is 12.1 Å². The summed E-state index contributed by atoms with van der Waals surface area (Å²) in [6.45, 7) is 2.05. The normalized spacial score (nSPS) is 9.75. The van der Waals surface area contributed by atoms with Gasteiger partial charge in [-0.2, -0.15) is 0 Å². The second-order valence-electron chi connectivity index (χ2n) is 2.91. The van der Waals surface area contributed by atoms with Crippen molar-refractivity contribution >= 4 is 17.6 Å². The fourth-order valence-electron chi connectivity index (χ4n) is 1.25. The lowest BCUT2D eigenvalue weighted by Crippen LogP contribution is -2.05. The molecule has 0 aromatic heterocycles. The van der Waals surface area contributed by atoms with Gasteiger partial charge in [0.2, 0.25) is 0 Å². The van der Waals surface area contributed by atoms with E-state index < -0.39 is 5.97 Å². The summed E-state index contributed by atoms with van der Waals surface area (Å²) in [6, 6.07) is 3.02. The number of ether oxygens (including phenoxy) is 3. The third kappa shape index (κ3) is 2.58. The molecule has 16 heavy (non-hydrogen) atoms. The number of rotatable bonds is 4. The van der Waals surface area contributed by atoms with Gasteiger partial charge in [-0.05, 0) is 19.1 Å². The topological polar surface area (TPSA) is 44.8 Å². The summed E-state index contributed by atoms with van der Waals surface area (Å²) in [5.74, 6) is 0.362. The Kier molecular flexibility index (Phi) is 4.43. The van der Waals surface area contributed by atoms with Gasteiger partial charge >= 0.3 is 5.97 Å². The molecule has 0 aliphatic rings. The Labute approximate surface area is 99.1 Å². The molecule has 0 amide bonds. The fraction of sp³-hybridized carbons (Fsp3) is 0.364. The number of esters is 1. The van der Waals surface area contributed by atoms with Crippen LogP contribution in [0.3, 0.4) is 0 Å². The summed E-state index contributed by atoms with van der Waals surface area (Å²) in [5.41, 5.74) is 0.338. The first-order chi connectivity index (χ1) is 7.63. The lowest BCUT2D eigenvalue weighted by Gasteiger charge is -2.11. The minimum atomic E-state index is -0.439. The predicted octanol–water partition coefficient (Wildman–Crippen LogP) is 2.53. The van der Waals surface area contributed by atoms with Crippen molar-refractivity contribution in [2.75, 3.05) is 20.8 Å². The van der Waals surface area contributed by atoms with E-state index in [0.29, 0.717) is 28.7 Å². The number of hydrogen-bond donors (Lipinski definition) is 0. The number of carbonyl (C=O) groups excluding carboxylic acids is 1. The Hall–Kier alpha value is -1.42. The van der Waals surface area contributed by atoms with E-state index >= 15 is 0 Å². The summed E-state index contributed by atoms with van der Waals surface area (Å²) >= 11 is 5.94. The Morgan fingerprint density at radius 2 is 2.00 bits per heavy atom. The zero-order valence-corrected chi connectivity index (χ0v) is 10.1. The quantitative estimate of drug-likeness (QED) is 0.764. The summed E-state index contributed by atoms with van der Waals surface area (Å²) < 4.78 is 15.0. The van der Waals surface area contributed by atoms with Crippen molar-refractivity contribution in [2.45, 2.75) is 6.92 Å². The van der Waals surface area contributed by atoms with Gasteiger partial charge in [0.25, 0.3) is 0 Å². The molecular weight excluding hydrogens is 232 g/mol. The molecule has 1 aromatic rings. The van der Waals surface area contributed by atoms with Crippen LogP contribution in [-0.2, 0) is 4.74 Å². The van der Waals surface area contributed by atoms with Crippen LogP contribution in [0.1, 0.15) is 17.3 Å². The molecule has 0 spiro atoms. The molecule has 5 heteroatoms. The Balaban J connectivity index is 3.15. The van der Waals surface area contributed by atoms with E-state index in [2.05, 4.69) is 0 Å². The highest BCUT2D eigenvalue weighted by Gasteiger charge is 2.15. The van der Waals surface area contributed by atoms with Crippen LogP contribution in [0.4, 0.5) is 0 Å². The van der Waals surface area contributed by atoms with E-state index in [-0.39, 0.29) is 0 Å². The van der Waals surface area contributed by atoms with Crippen LogP contribution in [0.5, 0.6) is 11.5 Å². The second-order valence-corrected chi connectivity index (χ2v) is 3.32. The molecule has 0 fully saturated rings. The van der Waals surface area contributed by atoms with Gasteiger partial charge in [0, 0.05) is 0 Å². The average molecular weight is 245 g/mol. The third-order valence-corrected chi connectivity index (χ3v) is 2.23. The number of methoxy groups -OCH3 is 2. The van der Waals surface area contributed by atoms with Gasteiger partial charge in [0.1, 0.15) is 0 Å². The first-order valence-electron chi connectivity index (χ1n) is 4.72. The number of halogens is 1. The van der Waals surface area contributed by atoms with Crippen LogP contribution in [0, 0.1) is 0 Å². The van der Waals surface area contributed by atoms with Gasteiger partial charge in [0.15, 0.2) is 11.5 Å². The van der Waals surface area contributed by atoms with Gasteiger partial charge in [-0.3, -0.25) is 0 Å². The molecule has 4 nitrogen and oxygen atoms in total. The van der Waals surface area contributed by atoms with E-state index in [1.54, 1.807) is 6.92 Å². The molecule has 0 heterocycles. The van der Waals surface area contributed by atoms with E-state index in [1.165, 1.54) is 26.4 Å². The summed E-state index contributed by atoms with van der Waals surface area (Å²) in [5, 5.41) is 0.310. The molecule has 0 radical (unpaired) electrons. The lowest BCUT2D eigenvalue weighted by molar-refractivity contribution is 0.0526. The van der Waals surface area contributed by atoms with Gasteiger partial charge in [-0.1, -0.05) is 11.6 Å². The van der Waals surface area contributed by atoms with Crippen molar-refractivity contribution < 1.29 is 19.0 Å². The van der Waals surface area contributed by atoms with Crippen molar-refractivity contribution in [1.82, 2.24) is 0 Å². The van der Waals surface area contributed by atoms with Crippen LogP contribution in [-0.4, -0.2) is 26.8 Å². The van der Waals surface area contributed by atoms with Crippen LogP contribution >= 0.6 is 11.6 Å². The maximum absolute atomic E-state index is 11.5. The second kappa shape index (κ2) is 5.61. The van der Waals surface area contributed by atoms with Crippen molar-refractivity contribution in [1.29, 1.82) is 0 Å². The predicted molar refractivity (Wildman–Crippen MR) is 60.5 cm³/mol. The molecule has 0 atom stereocenters. The van der Waals surface area contributed by atoms with Crippen LogP contribution in [0.2, 0.25) is 5.02 Å². The molecule has 1 aromatic carbocycles. The lowest BCUT2D eigenvalue weighted by atomic mass is 10.2. The van der Waals surface area contributed by atoms with Crippen LogP contribution < -0.4 is 9.47 Å². The molecule has 0 saturated carbocycles. The Morgan fingerprint density at radius 3 is 2.50 bits per heavy atom. The van der Waals surface area contributed by atoms with E-state index in [9.17, 15) is 4.79 Å². The summed E-state index contributed by atoms with van der Waals surface area (Å²) in [7, 11) is 2.96. The smallest absolute Gasteiger partial charge is 0.338 e. The molecule has 88 valence electrons. The van der Waals surface area contributed by atoms with Crippen molar-refractivity contribution in [2.24, 2.45) is 0 Å². The van der Waals surface area contributed by atoms with Gasteiger partial charge < -0.3 is 14.2 Å². The largest absolute Gasteiger partial charge is 0.493 e. The van der Waals surface area contributed by atoms with E-state index in [0.717, 1.165) is 0 Å². The zero-order chi connectivity index (χ0) is 12.1. The molecular formula is C11H13ClO4. The number of benzene rings is 1. The van der Waals surface area contributed by atoms with Crippen molar-refractivity contribution in [3.8, 4) is 11.5 Å². The fourth-order valence-corrected chi connectivity index (χ4v) is 1.54. The van der Waals surface area contributed by atoms with E-state index in [4.69, 9.17) is 25.8 Å². The first-order valence-corrected chi connectivity index (χ1v) is 5.10. The highest BCUT2D eigenvalue weighted by molar-refractivity contribution is 6.32. The molecule has 0 aliphatic carbocycles. The third-order valence-electron chi connectivity index (χ3n) is 1.94. The highest BCUT2D eigenvalue weighted by atomic mass is 35.5. The molecule has 0 aliphatic heterocycles. The standard InChI is InChI=1S/C11H13ClO4/c1-4-16-11(13)7-5-8(12)10(15-3)9(6-7)14-2/h5-6H,4H2,1-3H3. The van der Waals surface area contributed by atoms with Gasteiger partial charge in [0.05, 0.1) is 31.4 Å². The number of hydrogen-bond acceptors (Lipinski definition) is 4. The summed E-state index contributed by atoms with van der Waals surface area (Å²) in [4.78, 5) is 11.5. The van der Waals surface area contributed by atoms with Gasteiger partial charge in [-0.25, -0.2) is 4.79 Å². The zero-order valence-electron chi connectivity index (χ0n) is 9.37. The van der Waals surface area contributed by atoms with Crippen molar-refractivity contribution in [3.63, 3.8) is 0 Å². The molecule has 0 unspecified atom stereocenters. The maximum Gasteiger partial charge on any atom is 0.338 e. The molecule has 0 saturated heterocycles. The Bertz CT molecular complexity index is 390. The molecule has 0 N–H and O–H groups in total. The van der Waals surface area contributed by atoms with E-state index in [1.807, 2.05) is 0 Å². The maximum atomic E-state index is 11.5. The number of carbonyl (C=O) groups is 1. The highest BCUT2D eigenvalue weighted by Crippen LogP contribution is 2.36. The minimum absolute atomic E-state index is 0.310.